The van der Waals surface area contributed by atoms with Gasteiger partial charge in [0.1, 0.15) is 17.0 Å². The van der Waals surface area contributed by atoms with Crippen molar-refractivity contribution in [2.75, 3.05) is 79.6 Å². The monoisotopic (exact) mass is 936 g/mol. The number of anilines is 4. The first-order chi connectivity index (χ1) is 33.4. The highest BCUT2D eigenvalue weighted by atomic mass is 19.1. The molecule has 2 aromatic carbocycles. The van der Waals surface area contributed by atoms with Crippen molar-refractivity contribution < 1.29 is 32.9 Å². The van der Waals surface area contributed by atoms with E-state index in [4.69, 9.17) is 18.9 Å². The number of benzene rings is 2. The Balaban J connectivity index is 0.885. The lowest BCUT2D eigenvalue weighted by atomic mass is 10.0. The lowest BCUT2D eigenvalue weighted by Gasteiger charge is -2.35. The van der Waals surface area contributed by atoms with Gasteiger partial charge < -0.3 is 39.4 Å². The van der Waals surface area contributed by atoms with Crippen molar-refractivity contribution in [2.24, 2.45) is 0 Å². The van der Waals surface area contributed by atoms with Crippen LogP contribution in [0.4, 0.5) is 27.1 Å². The van der Waals surface area contributed by atoms with Crippen LogP contribution in [0.5, 0.6) is 11.8 Å². The van der Waals surface area contributed by atoms with E-state index in [0.717, 1.165) is 52.2 Å². The normalized spacial score (nSPS) is 16.2. The Labute approximate surface area is 401 Å². The van der Waals surface area contributed by atoms with Gasteiger partial charge in [-0.1, -0.05) is 12.1 Å². The van der Waals surface area contributed by atoms with Gasteiger partial charge in [0.05, 0.1) is 56.2 Å². The number of halogens is 1. The second kappa shape index (κ2) is 20.6. The minimum atomic E-state index is -1.69. The molecule has 358 valence electrons. The number of rotatable bonds is 16. The van der Waals surface area contributed by atoms with Gasteiger partial charge >= 0.3 is 0 Å². The van der Waals surface area contributed by atoms with Crippen molar-refractivity contribution in [3.05, 3.63) is 119 Å². The van der Waals surface area contributed by atoms with Crippen LogP contribution in [0.25, 0.3) is 22.5 Å². The summed E-state index contributed by atoms with van der Waals surface area (Å²) in [6, 6.07) is 22.0. The molecule has 17 heteroatoms. The van der Waals surface area contributed by atoms with Gasteiger partial charge in [-0.05, 0) is 119 Å². The molecule has 2 N–H and O–H groups in total. The summed E-state index contributed by atoms with van der Waals surface area (Å²) < 4.78 is 39.0. The van der Waals surface area contributed by atoms with Crippen molar-refractivity contribution in [2.45, 2.75) is 71.6 Å². The highest BCUT2D eigenvalue weighted by Crippen LogP contribution is 2.39. The summed E-state index contributed by atoms with van der Waals surface area (Å²) in [6.07, 6.45) is 5.74. The van der Waals surface area contributed by atoms with Crippen LogP contribution in [0.1, 0.15) is 89.2 Å². The lowest BCUT2D eigenvalue weighted by molar-refractivity contribution is 0.0263. The van der Waals surface area contributed by atoms with Gasteiger partial charge in [-0.25, -0.2) is 4.39 Å². The van der Waals surface area contributed by atoms with E-state index < -0.39 is 5.67 Å². The van der Waals surface area contributed by atoms with Crippen LogP contribution >= 0.6 is 0 Å². The maximum atomic E-state index is 14.6. The third-order valence-electron chi connectivity index (χ3n) is 12.5. The fourth-order valence-corrected chi connectivity index (χ4v) is 8.45. The Morgan fingerprint density at radius 2 is 1.30 bits per heavy atom. The maximum absolute atomic E-state index is 14.6. The Bertz CT molecular complexity index is 2830. The average molecular weight is 937 g/mol. The number of aryl methyl sites for hydroxylation is 2. The molecule has 69 heavy (non-hydrogen) atoms. The Morgan fingerprint density at radius 3 is 1.91 bits per heavy atom. The summed E-state index contributed by atoms with van der Waals surface area (Å²) >= 11 is 0. The number of nitrogens with one attached hydrogen (secondary N) is 2. The number of carbonyl (C=O) groups excluding carboxylic acids is 2. The molecule has 6 aromatic rings. The van der Waals surface area contributed by atoms with Crippen LogP contribution in [0.2, 0.25) is 0 Å². The van der Waals surface area contributed by atoms with E-state index in [2.05, 4.69) is 50.8 Å². The van der Waals surface area contributed by atoms with Crippen molar-refractivity contribution in [1.29, 1.82) is 0 Å². The summed E-state index contributed by atoms with van der Waals surface area (Å²) in [6.45, 7) is 13.5. The minimum Gasteiger partial charge on any atom is -0.475 e. The number of hydrogen-bond acceptors (Lipinski definition) is 14. The van der Waals surface area contributed by atoms with Gasteiger partial charge in [-0.2, -0.15) is 0 Å². The SMILES string of the molecule is CCOc1nnc(-c2cc(NC(=O)c3ccnc(C(C)(C)F)c3)ccc2C)cc1N1CCOC(CCOc2nnc(-c3cc(NC(=O)c4ccnc(C5CC5)c4)ccc3C)cc2N2CCOCC2)C1. The van der Waals surface area contributed by atoms with E-state index >= 15 is 0 Å². The van der Waals surface area contributed by atoms with Crippen molar-refractivity contribution in [1.82, 2.24) is 30.4 Å². The first-order valence-corrected chi connectivity index (χ1v) is 23.6. The van der Waals surface area contributed by atoms with Crippen molar-refractivity contribution >= 4 is 34.6 Å². The van der Waals surface area contributed by atoms with Crippen LogP contribution in [0.15, 0.2) is 85.2 Å². The molecule has 2 aliphatic heterocycles. The lowest BCUT2D eigenvalue weighted by Crippen LogP contribution is -2.43. The van der Waals surface area contributed by atoms with E-state index in [9.17, 15) is 14.0 Å². The summed E-state index contributed by atoms with van der Waals surface area (Å²) in [5.41, 5.74) is 7.93. The number of carbonyl (C=O) groups is 2. The highest BCUT2D eigenvalue weighted by Gasteiger charge is 2.28. The molecular weight excluding hydrogens is 880 g/mol. The summed E-state index contributed by atoms with van der Waals surface area (Å²) in [7, 11) is 0. The molecule has 1 atom stereocenters. The fraction of sp³-hybridized carbons (Fsp3) is 0.385. The summed E-state index contributed by atoms with van der Waals surface area (Å²) in [4.78, 5) is 39.6. The number of aromatic nitrogens is 6. The third-order valence-corrected chi connectivity index (χ3v) is 12.5. The standard InChI is InChI=1S/C52H57FN10O6/c1-6-67-50-46(30-44(58-60-50)41-28-38(12-8-33(41)3)57-49(65)36-14-17-55-47(26-36)52(4,5)53)63-20-24-68-39(31-63)15-21-69-51-45(62-18-22-66-23-19-62)29-43(59-61-51)40-27-37(11-7-32(40)2)56-48(64)35-13-16-54-42(25-35)34-9-10-34/h7-8,11-14,16-17,25-30,34,39H,6,9-10,15,18-24,31H2,1-5H3,(H,56,64)(H,57,65). The van der Waals surface area contributed by atoms with Crippen molar-refractivity contribution in [3.8, 4) is 34.3 Å². The van der Waals surface area contributed by atoms with Gasteiger partial charge in [-0.15, -0.1) is 20.4 Å². The fourth-order valence-electron chi connectivity index (χ4n) is 8.45. The van der Waals surface area contributed by atoms with Gasteiger partial charge in [0, 0.05) is 90.2 Å². The molecule has 2 amide bonds. The molecule has 0 bridgehead atoms. The maximum Gasteiger partial charge on any atom is 0.257 e. The molecule has 9 rings (SSSR count). The van der Waals surface area contributed by atoms with E-state index in [-0.39, 0.29) is 23.6 Å². The van der Waals surface area contributed by atoms with Gasteiger partial charge in [-0.3, -0.25) is 19.6 Å². The largest absolute Gasteiger partial charge is 0.475 e. The molecule has 2 saturated heterocycles. The van der Waals surface area contributed by atoms with Crippen LogP contribution in [-0.2, 0) is 15.1 Å². The number of ether oxygens (including phenoxy) is 4. The minimum absolute atomic E-state index is 0.176. The summed E-state index contributed by atoms with van der Waals surface area (Å²) in [5, 5.41) is 24.4. The van der Waals surface area contributed by atoms with E-state index in [0.29, 0.717) is 117 Å². The number of alkyl halides is 1. The Morgan fingerprint density at radius 1 is 0.725 bits per heavy atom. The van der Waals surface area contributed by atoms with E-state index in [1.165, 1.54) is 26.1 Å². The predicted molar refractivity (Wildman–Crippen MR) is 261 cm³/mol. The molecule has 6 heterocycles. The van der Waals surface area contributed by atoms with Crippen LogP contribution in [0.3, 0.4) is 0 Å². The van der Waals surface area contributed by atoms with Crippen LogP contribution in [0, 0.1) is 13.8 Å². The molecule has 0 spiro atoms. The molecule has 4 aromatic heterocycles. The Hall–Kier alpha value is -7.11. The molecule has 1 saturated carbocycles. The number of hydrogen-bond donors (Lipinski definition) is 2. The second-order valence-electron chi connectivity index (χ2n) is 18.1. The first kappa shape index (κ1) is 47.0. The second-order valence-corrected chi connectivity index (χ2v) is 18.1. The average Bonchev–Trinajstić information content (AvgIpc) is 4.22. The molecule has 1 unspecified atom stereocenters. The van der Waals surface area contributed by atoms with E-state index in [1.807, 2.05) is 75.4 Å². The first-order valence-electron chi connectivity index (χ1n) is 23.6. The number of pyridine rings is 2. The number of amides is 2. The molecule has 3 fully saturated rings. The smallest absolute Gasteiger partial charge is 0.257 e. The molecule has 0 radical (unpaired) electrons. The van der Waals surface area contributed by atoms with Gasteiger partial charge in [0.25, 0.3) is 23.6 Å². The van der Waals surface area contributed by atoms with Crippen molar-refractivity contribution in [3.63, 3.8) is 0 Å². The van der Waals surface area contributed by atoms with Gasteiger partial charge in [0.15, 0.2) is 0 Å². The molecular formula is C52H57FN10O6. The zero-order valence-electron chi connectivity index (χ0n) is 39.6. The Kier molecular flexibility index (Phi) is 14.0. The van der Waals surface area contributed by atoms with Gasteiger partial charge in [0.2, 0.25) is 0 Å². The highest BCUT2D eigenvalue weighted by molar-refractivity contribution is 6.05. The van der Waals surface area contributed by atoms with E-state index in [1.54, 1.807) is 18.3 Å². The predicted octanol–water partition coefficient (Wildman–Crippen LogP) is 8.50. The number of nitrogens with zero attached hydrogens (tertiary/aromatic N) is 8. The zero-order valence-corrected chi connectivity index (χ0v) is 39.6. The molecule has 16 nitrogen and oxygen atoms in total. The van der Waals surface area contributed by atoms with Crippen LogP contribution in [-0.4, -0.2) is 107 Å². The topological polar surface area (TPSA) is 179 Å². The van der Waals surface area contributed by atoms with Crippen LogP contribution < -0.4 is 29.9 Å². The molecule has 1 aliphatic carbocycles. The quantitative estimate of drug-likeness (QED) is 0.0944. The molecule has 3 aliphatic rings. The summed E-state index contributed by atoms with van der Waals surface area (Å²) in [5.74, 6) is 0.702. The zero-order chi connectivity index (χ0) is 48.1. The number of morpholine rings is 2. The third kappa shape index (κ3) is 11.3.